The maximum absolute atomic E-state index is 4.39. The summed E-state index contributed by atoms with van der Waals surface area (Å²) >= 11 is 2.23. The minimum atomic E-state index is 0.877. The normalized spacial score (nSPS) is 10.4. The van der Waals surface area contributed by atoms with Crippen LogP contribution in [0.4, 0.5) is 5.95 Å². The molecule has 0 atom stereocenters. The second-order valence-corrected chi connectivity index (χ2v) is 5.14. The summed E-state index contributed by atoms with van der Waals surface area (Å²) in [5.74, 6) is 0.877. The van der Waals surface area contributed by atoms with E-state index < -0.39 is 0 Å². The van der Waals surface area contributed by atoms with Gasteiger partial charge in [0.2, 0.25) is 5.95 Å². The van der Waals surface area contributed by atoms with E-state index in [2.05, 4.69) is 51.3 Å². The summed E-state index contributed by atoms with van der Waals surface area (Å²) in [5.41, 5.74) is 0. The largest absolute Gasteiger partial charge is 0.341 e. The molecule has 0 aromatic carbocycles. The van der Waals surface area contributed by atoms with Crippen molar-refractivity contribution >= 4 is 28.5 Å². The number of hydrogen-bond donors (Lipinski definition) is 0. The summed E-state index contributed by atoms with van der Waals surface area (Å²) < 4.78 is 1.09. The van der Waals surface area contributed by atoms with Crippen LogP contribution in [0.25, 0.3) is 0 Å². The fourth-order valence-electron chi connectivity index (χ4n) is 1.48. The van der Waals surface area contributed by atoms with Crippen LogP contribution in [0.1, 0.15) is 39.5 Å². The van der Waals surface area contributed by atoms with Crippen molar-refractivity contribution in [3.63, 3.8) is 0 Å². The molecule has 1 heterocycles. The molecule has 0 saturated heterocycles. The third kappa shape index (κ3) is 4.63. The Morgan fingerprint density at radius 2 is 1.56 bits per heavy atom. The molecule has 0 radical (unpaired) electrons. The lowest BCUT2D eigenvalue weighted by Gasteiger charge is -2.21. The molecule has 16 heavy (non-hydrogen) atoms. The highest BCUT2D eigenvalue weighted by Crippen LogP contribution is 2.10. The van der Waals surface area contributed by atoms with Gasteiger partial charge in [-0.2, -0.15) is 0 Å². The van der Waals surface area contributed by atoms with E-state index in [-0.39, 0.29) is 0 Å². The van der Waals surface area contributed by atoms with Crippen LogP contribution in [0, 0.1) is 3.57 Å². The van der Waals surface area contributed by atoms with Crippen molar-refractivity contribution in [2.45, 2.75) is 39.5 Å². The molecule has 1 aromatic rings. The van der Waals surface area contributed by atoms with Gasteiger partial charge in [0.15, 0.2) is 0 Å². The molecule has 0 aliphatic carbocycles. The van der Waals surface area contributed by atoms with Crippen molar-refractivity contribution in [3.8, 4) is 0 Å². The molecule has 0 amide bonds. The molecule has 0 bridgehead atoms. The smallest absolute Gasteiger partial charge is 0.225 e. The molecule has 90 valence electrons. The van der Waals surface area contributed by atoms with Crippen LogP contribution in [0.3, 0.4) is 0 Å². The number of unbranched alkanes of at least 4 members (excludes halogenated alkanes) is 2. The minimum absolute atomic E-state index is 0.877. The highest BCUT2D eigenvalue weighted by atomic mass is 127. The van der Waals surface area contributed by atoms with E-state index in [1.807, 2.05) is 12.4 Å². The lowest BCUT2D eigenvalue weighted by Crippen LogP contribution is -2.27. The fourth-order valence-corrected chi connectivity index (χ4v) is 1.76. The summed E-state index contributed by atoms with van der Waals surface area (Å²) in [4.78, 5) is 11.1. The molecule has 1 rings (SSSR count). The number of hydrogen-bond acceptors (Lipinski definition) is 3. The van der Waals surface area contributed by atoms with Gasteiger partial charge in [0.05, 0.1) is 0 Å². The van der Waals surface area contributed by atoms with Gasteiger partial charge in [0.25, 0.3) is 0 Å². The lowest BCUT2D eigenvalue weighted by molar-refractivity contribution is 0.662. The third-order valence-electron chi connectivity index (χ3n) is 2.45. The van der Waals surface area contributed by atoms with E-state index in [0.29, 0.717) is 0 Å². The van der Waals surface area contributed by atoms with E-state index in [0.717, 1.165) is 22.6 Å². The topological polar surface area (TPSA) is 29.0 Å². The predicted octanol–water partition coefficient (Wildman–Crippen LogP) is 3.49. The van der Waals surface area contributed by atoms with Gasteiger partial charge < -0.3 is 4.90 Å². The molecule has 0 aliphatic heterocycles. The van der Waals surface area contributed by atoms with Gasteiger partial charge in [-0.25, -0.2) is 9.97 Å². The van der Waals surface area contributed by atoms with E-state index in [1.54, 1.807) is 0 Å². The van der Waals surface area contributed by atoms with Gasteiger partial charge in [0.1, 0.15) is 0 Å². The van der Waals surface area contributed by atoms with Gasteiger partial charge in [-0.3, -0.25) is 0 Å². The van der Waals surface area contributed by atoms with Crippen molar-refractivity contribution < 1.29 is 0 Å². The van der Waals surface area contributed by atoms with Gasteiger partial charge in [-0.1, -0.05) is 26.7 Å². The Kier molecular flexibility index (Phi) is 6.68. The van der Waals surface area contributed by atoms with Gasteiger partial charge in [-0.15, -0.1) is 0 Å². The Bertz CT molecular complexity index is 279. The number of halogens is 1. The Labute approximate surface area is 112 Å². The zero-order valence-electron chi connectivity index (χ0n) is 10.1. The monoisotopic (exact) mass is 333 g/mol. The van der Waals surface area contributed by atoms with Gasteiger partial charge in [0, 0.05) is 29.1 Å². The van der Waals surface area contributed by atoms with Crippen molar-refractivity contribution in [2.75, 3.05) is 18.0 Å². The first-order valence-corrected chi connectivity index (χ1v) is 7.08. The SMILES string of the molecule is CCCCN(CCCC)c1ncc(I)cn1. The average Bonchev–Trinajstić information content (AvgIpc) is 2.31. The summed E-state index contributed by atoms with van der Waals surface area (Å²) in [7, 11) is 0. The molecule has 0 spiro atoms. The zero-order chi connectivity index (χ0) is 11.8. The standard InChI is InChI=1S/C12H20IN3/c1-3-5-7-16(8-6-4-2)12-14-9-11(13)10-15-12/h9-10H,3-8H2,1-2H3. The van der Waals surface area contributed by atoms with Crippen LogP contribution < -0.4 is 4.90 Å². The molecule has 0 aliphatic rings. The van der Waals surface area contributed by atoms with E-state index >= 15 is 0 Å². The van der Waals surface area contributed by atoms with Gasteiger partial charge in [-0.05, 0) is 35.4 Å². The van der Waals surface area contributed by atoms with Crippen LogP contribution in [0.15, 0.2) is 12.4 Å². The van der Waals surface area contributed by atoms with Crippen molar-refractivity contribution in [3.05, 3.63) is 16.0 Å². The van der Waals surface area contributed by atoms with Crippen LogP contribution in [-0.4, -0.2) is 23.1 Å². The highest BCUT2D eigenvalue weighted by molar-refractivity contribution is 14.1. The number of nitrogens with zero attached hydrogens (tertiary/aromatic N) is 3. The Morgan fingerprint density at radius 1 is 1.06 bits per heavy atom. The van der Waals surface area contributed by atoms with Crippen LogP contribution >= 0.6 is 22.6 Å². The first-order chi connectivity index (χ1) is 7.77. The third-order valence-corrected chi connectivity index (χ3v) is 3.01. The van der Waals surface area contributed by atoms with Gasteiger partial charge >= 0.3 is 0 Å². The molecule has 4 heteroatoms. The number of aromatic nitrogens is 2. The first-order valence-electron chi connectivity index (χ1n) is 6.00. The van der Waals surface area contributed by atoms with E-state index in [1.165, 1.54) is 25.7 Å². The van der Waals surface area contributed by atoms with Crippen molar-refractivity contribution in [2.24, 2.45) is 0 Å². The molecule has 1 aromatic heterocycles. The highest BCUT2D eigenvalue weighted by Gasteiger charge is 2.07. The average molecular weight is 333 g/mol. The fraction of sp³-hybridized carbons (Fsp3) is 0.667. The van der Waals surface area contributed by atoms with Crippen LogP contribution in [0.2, 0.25) is 0 Å². The number of anilines is 1. The molecule has 0 fully saturated rings. The second kappa shape index (κ2) is 7.81. The number of rotatable bonds is 7. The molecular formula is C12H20IN3. The quantitative estimate of drug-likeness (QED) is 0.716. The van der Waals surface area contributed by atoms with E-state index in [9.17, 15) is 0 Å². The van der Waals surface area contributed by atoms with E-state index in [4.69, 9.17) is 0 Å². The molecule has 3 nitrogen and oxygen atoms in total. The van der Waals surface area contributed by atoms with Crippen LogP contribution in [0.5, 0.6) is 0 Å². The molecular weight excluding hydrogens is 313 g/mol. The summed E-state index contributed by atoms with van der Waals surface area (Å²) in [5, 5.41) is 0. The van der Waals surface area contributed by atoms with Crippen LogP contribution in [-0.2, 0) is 0 Å². The molecule has 0 N–H and O–H groups in total. The maximum atomic E-state index is 4.39. The van der Waals surface area contributed by atoms with Crippen molar-refractivity contribution in [1.82, 2.24) is 9.97 Å². The first kappa shape index (κ1) is 13.7. The Hall–Kier alpha value is -0.390. The predicted molar refractivity (Wildman–Crippen MR) is 76.8 cm³/mol. The second-order valence-electron chi connectivity index (χ2n) is 3.90. The Balaban J connectivity index is 2.62. The Morgan fingerprint density at radius 3 is 2.00 bits per heavy atom. The molecule has 0 saturated carbocycles. The summed E-state index contributed by atoms with van der Waals surface area (Å²) in [6, 6.07) is 0. The summed E-state index contributed by atoms with van der Waals surface area (Å²) in [6.07, 6.45) is 8.61. The lowest BCUT2D eigenvalue weighted by atomic mass is 10.3. The summed E-state index contributed by atoms with van der Waals surface area (Å²) in [6.45, 7) is 6.56. The maximum Gasteiger partial charge on any atom is 0.225 e. The minimum Gasteiger partial charge on any atom is -0.341 e. The van der Waals surface area contributed by atoms with Crippen molar-refractivity contribution in [1.29, 1.82) is 0 Å². The zero-order valence-corrected chi connectivity index (χ0v) is 12.3. The molecule has 0 unspecified atom stereocenters.